The van der Waals surface area contributed by atoms with Crippen LogP contribution >= 0.6 is 0 Å². The summed E-state index contributed by atoms with van der Waals surface area (Å²) < 4.78 is 0. The van der Waals surface area contributed by atoms with E-state index in [1.54, 1.807) is 0 Å². The van der Waals surface area contributed by atoms with E-state index >= 15 is 0 Å². The molecule has 0 N–H and O–H groups in total. The molecular formula is C11H16. The molecule has 0 saturated carbocycles. The maximum atomic E-state index is 2.41. The lowest BCUT2D eigenvalue weighted by molar-refractivity contribution is 0.309. The average Bonchev–Trinajstić information content (AvgIpc) is 2.40. The molecule has 2 aliphatic rings. The molecule has 0 saturated heterocycles. The smallest absolute Gasteiger partial charge is 0.0165 e. The van der Waals surface area contributed by atoms with Crippen molar-refractivity contribution in [2.24, 2.45) is 17.8 Å². The van der Waals surface area contributed by atoms with E-state index in [-0.39, 0.29) is 0 Å². The molecule has 0 aromatic heterocycles. The highest BCUT2D eigenvalue weighted by Gasteiger charge is 2.27. The molecule has 0 heteroatoms. The Hall–Kier alpha value is -0.520. The molecule has 0 amide bonds. The van der Waals surface area contributed by atoms with Crippen molar-refractivity contribution in [2.45, 2.75) is 26.2 Å². The summed E-state index contributed by atoms with van der Waals surface area (Å²) in [7, 11) is 0. The normalized spacial score (nSPS) is 42.1. The molecule has 0 aromatic carbocycles. The summed E-state index contributed by atoms with van der Waals surface area (Å²) >= 11 is 0. The molecule has 0 heterocycles. The Balaban J connectivity index is 2.13. The van der Waals surface area contributed by atoms with Crippen LogP contribution in [0.3, 0.4) is 0 Å². The third kappa shape index (κ3) is 1.26. The Bertz CT molecular complexity index is 188. The second kappa shape index (κ2) is 2.84. The van der Waals surface area contributed by atoms with Crippen LogP contribution in [0.2, 0.25) is 0 Å². The van der Waals surface area contributed by atoms with Gasteiger partial charge >= 0.3 is 0 Å². The Morgan fingerprint density at radius 1 is 1.00 bits per heavy atom. The van der Waals surface area contributed by atoms with Crippen molar-refractivity contribution in [1.82, 2.24) is 0 Å². The quantitative estimate of drug-likeness (QED) is 0.463. The van der Waals surface area contributed by atoms with Crippen molar-refractivity contribution < 1.29 is 0 Å². The first-order valence-corrected chi connectivity index (χ1v) is 4.69. The molecule has 0 spiro atoms. The van der Waals surface area contributed by atoms with Gasteiger partial charge in [-0.15, -0.1) is 0 Å². The van der Waals surface area contributed by atoms with Crippen molar-refractivity contribution in [3.8, 4) is 0 Å². The molecule has 0 fully saturated rings. The maximum absolute atomic E-state index is 2.41. The minimum atomic E-state index is 0.865. The summed E-state index contributed by atoms with van der Waals surface area (Å²) in [6, 6.07) is 0. The van der Waals surface area contributed by atoms with Gasteiger partial charge in [0.05, 0.1) is 0 Å². The van der Waals surface area contributed by atoms with Gasteiger partial charge in [-0.1, -0.05) is 31.2 Å². The zero-order valence-corrected chi connectivity index (χ0v) is 7.16. The minimum Gasteiger partial charge on any atom is -0.0882 e. The number of rotatable bonds is 0. The number of hydrogen-bond donors (Lipinski definition) is 0. The van der Waals surface area contributed by atoms with Crippen molar-refractivity contribution in [1.29, 1.82) is 0 Å². The molecule has 3 atom stereocenters. The van der Waals surface area contributed by atoms with Crippen LogP contribution in [-0.4, -0.2) is 0 Å². The van der Waals surface area contributed by atoms with E-state index in [2.05, 4.69) is 31.2 Å². The third-order valence-corrected chi connectivity index (χ3v) is 3.16. The fraction of sp³-hybridized carbons (Fsp3) is 0.636. The van der Waals surface area contributed by atoms with Gasteiger partial charge in [0.15, 0.2) is 0 Å². The first kappa shape index (κ1) is 7.15. The largest absolute Gasteiger partial charge is 0.0882 e. The van der Waals surface area contributed by atoms with Gasteiger partial charge in [0.25, 0.3) is 0 Å². The molecule has 2 rings (SSSR count). The zero-order valence-electron chi connectivity index (χ0n) is 7.16. The number of fused-ring (bicyclic) bond motifs is 1. The Morgan fingerprint density at radius 2 is 1.82 bits per heavy atom. The summed E-state index contributed by atoms with van der Waals surface area (Å²) in [5.41, 5.74) is 0. The lowest BCUT2D eigenvalue weighted by Crippen LogP contribution is -2.14. The lowest BCUT2D eigenvalue weighted by Gasteiger charge is -2.21. The second-order valence-corrected chi connectivity index (χ2v) is 3.91. The van der Waals surface area contributed by atoms with Crippen LogP contribution in [0, 0.1) is 17.8 Å². The summed E-state index contributed by atoms with van der Waals surface area (Å²) in [6.07, 6.45) is 13.4. The first-order valence-electron chi connectivity index (χ1n) is 4.69. The molecule has 3 unspecified atom stereocenters. The fourth-order valence-electron chi connectivity index (χ4n) is 2.37. The van der Waals surface area contributed by atoms with Crippen LogP contribution < -0.4 is 0 Å². The fourth-order valence-corrected chi connectivity index (χ4v) is 2.37. The molecule has 0 aromatic rings. The van der Waals surface area contributed by atoms with E-state index in [0.717, 1.165) is 17.8 Å². The van der Waals surface area contributed by atoms with Crippen LogP contribution in [0.5, 0.6) is 0 Å². The molecule has 60 valence electrons. The highest BCUT2D eigenvalue weighted by Crippen LogP contribution is 2.37. The zero-order chi connectivity index (χ0) is 7.68. The predicted octanol–water partition coefficient (Wildman–Crippen LogP) is 3.16. The lowest BCUT2D eigenvalue weighted by atomic mass is 9.83. The standard InChI is InChI=1S/C11H16/c1-9-5-2-3-6-10-7-4-8-11(9)10/h2-4,7,9-11H,5-6,8H2,1H3. The van der Waals surface area contributed by atoms with Crippen molar-refractivity contribution >= 4 is 0 Å². The van der Waals surface area contributed by atoms with E-state index in [4.69, 9.17) is 0 Å². The predicted molar refractivity (Wildman–Crippen MR) is 48.3 cm³/mol. The van der Waals surface area contributed by atoms with Gasteiger partial charge in [-0.2, -0.15) is 0 Å². The van der Waals surface area contributed by atoms with Crippen molar-refractivity contribution in [2.75, 3.05) is 0 Å². The summed E-state index contributed by atoms with van der Waals surface area (Å²) in [5.74, 6) is 2.71. The molecule has 0 bridgehead atoms. The van der Waals surface area contributed by atoms with E-state index in [1.807, 2.05) is 0 Å². The van der Waals surface area contributed by atoms with Crippen LogP contribution in [-0.2, 0) is 0 Å². The van der Waals surface area contributed by atoms with Gasteiger partial charge in [-0.25, -0.2) is 0 Å². The van der Waals surface area contributed by atoms with Crippen LogP contribution in [0.1, 0.15) is 26.2 Å². The monoisotopic (exact) mass is 148 g/mol. The van der Waals surface area contributed by atoms with E-state index in [0.29, 0.717) is 0 Å². The average molecular weight is 148 g/mol. The third-order valence-electron chi connectivity index (χ3n) is 3.16. The molecule has 11 heavy (non-hydrogen) atoms. The van der Waals surface area contributed by atoms with Crippen molar-refractivity contribution in [3.63, 3.8) is 0 Å². The molecular weight excluding hydrogens is 132 g/mol. The number of allylic oxidation sites excluding steroid dienone is 4. The number of hydrogen-bond acceptors (Lipinski definition) is 0. The van der Waals surface area contributed by atoms with Crippen molar-refractivity contribution in [3.05, 3.63) is 24.3 Å². The van der Waals surface area contributed by atoms with Gasteiger partial charge in [-0.05, 0) is 37.0 Å². The summed E-state index contributed by atoms with van der Waals surface area (Å²) in [4.78, 5) is 0. The Kier molecular flexibility index (Phi) is 1.85. The van der Waals surface area contributed by atoms with E-state index < -0.39 is 0 Å². The highest BCUT2D eigenvalue weighted by atomic mass is 14.3. The van der Waals surface area contributed by atoms with Gasteiger partial charge in [0.1, 0.15) is 0 Å². The van der Waals surface area contributed by atoms with Gasteiger partial charge < -0.3 is 0 Å². The molecule has 2 aliphatic carbocycles. The Morgan fingerprint density at radius 3 is 2.73 bits per heavy atom. The Labute approximate surface area is 69.0 Å². The molecule has 0 nitrogen and oxygen atoms in total. The van der Waals surface area contributed by atoms with Gasteiger partial charge in [0, 0.05) is 0 Å². The molecule has 0 radical (unpaired) electrons. The first-order chi connectivity index (χ1) is 5.38. The SMILES string of the molecule is CC1CC=CCC2C=CCC12. The van der Waals surface area contributed by atoms with E-state index in [9.17, 15) is 0 Å². The summed E-state index contributed by atoms with van der Waals surface area (Å²) in [6.45, 7) is 2.39. The van der Waals surface area contributed by atoms with E-state index in [1.165, 1.54) is 19.3 Å². The molecule has 0 aliphatic heterocycles. The van der Waals surface area contributed by atoms with Gasteiger partial charge in [0.2, 0.25) is 0 Å². The minimum absolute atomic E-state index is 0.865. The highest BCUT2D eigenvalue weighted by molar-refractivity contribution is 5.07. The van der Waals surface area contributed by atoms with Crippen LogP contribution in [0.4, 0.5) is 0 Å². The second-order valence-electron chi connectivity index (χ2n) is 3.91. The maximum Gasteiger partial charge on any atom is -0.0165 e. The summed E-state index contributed by atoms with van der Waals surface area (Å²) in [5, 5.41) is 0. The van der Waals surface area contributed by atoms with Crippen LogP contribution in [0.15, 0.2) is 24.3 Å². The topological polar surface area (TPSA) is 0 Å². The van der Waals surface area contributed by atoms with Crippen LogP contribution in [0.25, 0.3) is 0 Å². The van der Waals surface area contributed by atoms with Gasteiger partial charge in [-0.3, -0.25) is 0 Å².